The lowest BCUT2D eigenvalue weighted by Gasteiger charge is -2.30. The van der Waals surface area contributed by atoms with Gasteiger partial charge in [0.1, 0.15) is 0 Å². The van der Waals surface area contributed by atoms with Crippen LogP contribution in [0.1, 0.15) is 17.8 Å². The first kappa shape index (κ1) is 15.6. The molecule has 0 aliphatic heterocycles. The van der Waals surface area contributed by atoms with E-state index in [0.717, 1.165) is 3.79 Å². The Bertz CT molecular complexity index is 406. The SMILES string of the molecule is CC(N)C(c1ccc(Br)s1)N(C)CC(=O)N(C)C. The Morgan fingerprint density at radius 3 is 2.44 bits per heavy atom. The average Bonchev–Trinajstić information content (AvgIpc) is 2.63. The van der Waals surface area contributed by atoms with Crippen LogP contribution in [0.4, 0.5) is 0 Å². The van der Waals surface area contributed by atoms with Gasteiger partial charge in [-0.1, -0.05) is 0 Å². The second-order valence-electron chi connectivity index (χ2n) is 4.65. The molecule has 18 heavy (non-hydrogen) atoms. The van der Waals surface area contributed by atoms with Gasteiger partial charge in [-0.05, 0) is 42.0 Å². The zero-order chi connectivity index (χ0) is 13.9. The number of likely N-dealkylation sites (N-methyl/N-ethyl adjacent to an activating group) is 2. The predicted octanol–water partition coefficient (Wildman–Crippen LogP) is 1.92. The number of hydrogen-bond donors (Lipinski definition) is 1. The van der Waals surface area contributed by atoms with E-state index in [0.29, 0.717) is 6.54 Å². The summed E-state index contributed by atoms with van der Waals surface area (Å²) in [5.41, 5.74) is 6.06. The van der Waals surface area contributed by atoms with Gasteiger partial charge in [0.05, 0.1) is 16.4 Å². The number of halogens is 1. The maximum Gasteiger partial charge on any atom is 0.236 e. The number of nitrogens with zero attached hydrogens (tertiary/aromatic N) is 2. The van der Waals surface area contributed by atoms with Crippen molar-refractivity contribution in [3.8, 4) is 0 Å². The van der Waals surface area contributed by atoms with Gasteiger partial charge in [0, 0.05) is 25.0 Å². The molecule has 1 heterocycles. The van der Waals surface area contributed by atoms with Crippen LogP contribution in [0.5, 0.6) is 0 Å². The number of carbonyl (C=O) groups is 1. The minimum atomic E-state index is -0.0319. The highest BCUT2D eigenvalue weighted by Gasteiger charge is 2.24. The number of amides is 1. The minimum absolute atomic E-state index is 0.0319. The third-order valence-corrected chi connectivity index (χ3v) is 4.44. The van der Waals surface area contributed by atoms with Crippen LogP contribution in [-0.4, -0.2) is 49.4 Å². The third kappa shape index (κ3) is 4.05. The molecule has 0 spiro atoms. The average molecular weight is 334 g/mol. The predicted molar refractivity (Wildman–Crippen MR) is 79.7 cm³/mol. The van der Waals surface area contributed by atoms with Crippen molar-refractivity contribution in [3.63, 3.8) is 0 Å². The molecule has 4 nitrogen and oxygen atoms in total. The Labute approximate surface area is 121 Å². The number of rotatable bonds is 5. The largest absolute Gasteiger partial charge is 0.348 e. The fraction of sp³-hybridized carbons (Fsp3) is 0.583. The van der Waals surface area contributed by atoms with Crippen molar-refractivity contribution in [1.82, 2.24) is 9.80 Å². The van der Waals surface area contributed by atoms with E-state index in [9.17, 15) is 4.79 Å². The van der Waals surface area contributed by atoms with Crippen LogP contribution in [0.25, 0.3) is 0 Å². The summed E-state index contributed by atoms with van der Waals surface area (Å²) in [6.45, 7) is 2.34. The summed E-state index contributed by atoms with van der Waals surface area (Å²) in [5.74, 6) is 0.0822. The molecule has 2 atom stereocenters. The first-order valence-corrected chi connectivity index (χ1v) is 7.35. The van der Waals surface area contributed by atoms with Gasteiger partial charge in [-0.3, -0.25) is 9.69 Å². The smallest absolute Gasteiger partial charge is 0.236 e. The zero-order valence-electron chi connectivity index (χ0n) is 11.2. The molecule has 0 aliphatic carbocycles. The summed E-state index contributed by atoms with van der Waals surface area (Å²) in [6.07, 6.45) is 0. The van der Waals surface area contributed by atoms with Crippen LogP contribution in [0, 0.1) is 0 Å². The zero-order valence-corrected chi connectivity index (χ0v) is 13.6. The van der Waals surface area contributed by atoms with E-state index in [1.54, 1.807) is 30.3 Å². The molecule has 0 saturated heterocycles. The van der Waals surface area contributed by atoms with E-state index < -0.39 is 0 Å². The molecule has 0 aliphatic rings. The van der Waals surface area contributed by atoms with E-state index in [1.807, 2.05) is 24.9 Å². The molecule has 2 unspecified atom stereocenters. The molecule has 2 N–H and O–H groups in total. The minimum Gasteiger partial charge on any atom is -0.348 e. The monoisotopic (exact) mass is 333 g/mol. The van der Waals surface area contributed by atoms with Gasteiger partial charge < -0.3 is 10.6 Å². The van der Waals surface area contributed by atoms with Gasteiger partial charge in [-0.2, -0.15) is 0 Å². The van der Waals surface area contributed by atoms with Crippen LogP contribution < -0.4 is 5.73 Å². The highest BCUT2D eigenvalue weighted by Crippen LogP contribution is 2.31. The quantitative estimate of drug-likeness (QED) is 0.895. The summed E-state index contributed by atoms with van der Waals surface area (Å²) in [4.78, 5) is 16.5. The van der Waals surface area contributed by atoms with Crippen LogP contribution in [0.3, 0.4) is 0 Å². The van der Waals surface area contributed by atoms with E-state index in [2.05, 4.69) is 22.0 Å². The van der Waals surface area contributed by atoms with Crippen LogP contribution in [0.15, 0.2) is 15.9 Å². The molecule has 6 heteroatoms. The molecule has 0 aromatic carbocycles. The highest BCUT2D eigenvalue weighted by atomic mass is 79.9. The Hall–Kier alpha value is -0.430. The summed E-state index contributed by atoms with van der Waals surface area (Å²) < 4.78 is 1.08. The highest BCUT2D eigenvalue weighted by molar-refractivity contribution is 9.11. The van der Waals surface area contributed by atoms with Crippen molar-refractivity contribution in [3.05, 3.63) is 20.8 Å². The summed E-state index contributed by atoms with van der Waals surface area (Å²) in [7, 11) is 5.46. The first-order chi connectivity index (χ1) is 8.32. The number of hydrogen-bond acceptors (Lipinski definition) is 4. The van der Waals surface area contributed by atoms with Gasteiger partial charge in [0.2, 0.25) is 5.91 Å². The normalized spacial score (nSPS) is 14.6. The van der Waals surface area contributed by atoms with Crippen molar-refractivity contribution in [2.45, 2.75) is 19.0 Å². The second-order valence-corrected chi connectivity index (χ2v) is 7.14. The van der Waals surface area contributed by atoms with Crippen LogP contribution in [0.2, 0.25) is 0 Å². The lowest BCUT2D eigenvalue weighted by molar-refractivity contribution is -0.130. The standard InChI is InChI=1S/C12H20BrN3OS/c1-8(14)12(9-5-6-10(13)18-9)16(4)7-11(17)15(2)3/h5-6,8,12H,7,14H2,1-4H3. The van der Waals surface area contributed by atoms with E-state index in [1.165, 1.54) is 4.88 Å². The molecule has 102 valence electrons. The molecule has 1 aromatic rings. The van der Waals surface area contributed by atoms with Gasteiger partial charge in [-0.15, -0.1) is 11.3 Å². The Morgan fingerprint density at radius 2 is 2.06 bits per heavy atom. The Balaban J connectivity index is 2.82. The van der Waals surface area contributed by atoms with Crippen LogP contribution in [-0.2, 0) is 4.79 Å². The first-order valence-electron chi connectivity index (χ1n) is 5.74. The van der Waals surface area contributed by atoms with Crippen molar-refractivity contribution >= 4 is 33.2 Å². The van der Waals surface area contributed by atoms with Crippen molar-refractivity contribution in [1.29, 1.82) is 0 Å². The Morgan fingerprint density at radius 1 is 1.44 bits per heavy atom. The van der Waals surface area contributed by atoms with E-state index in [4.69, 9.17) is 5.73 Å². The third-order valence-electron chi connectivity index (χ3n) is 2.74. The summed E-state index contributed by atoms with van der Waals surface area (Å²) in [6, 6.07) is 4.09. The molecule has 0 radical (unpaired) electrons. The number of carbonyl (C=O) groups excluding carboxylic acids is 1. The lowest BCUT2D eigenvalue weighted by Crippen LogP contribution is -2.42. The molecule has 0 bridgehead atoms. The molecule has 1 rings (SSSR count). The van der Waals surface area contributed by atoms with E-state index >= 15 is 0 Å². The summed E-state index contributed by atoms with van der Waals surface area (Å²) in [5, 5.41) is 0. The lowest BCUT2D eigenvalue weighted by atomic mass is 10.1. The maximum atomic E-state index is 11.8. The molecule has 1 amide bonds. The van der Waals surface area contributed by atoms with Gasteiger partial charge >= 0.3 is 0 Å². The second kappa shape index (κ2) is 6.65. The molecular weight excluding hydrogens is 314 g/mol. The van der Waals surface area contributed by atoms with Gasteiger partial charge in [0.25, 0.3) is 0 Å². The molecule has 0 fully saturated rings. The van der Waals surface area contributed by atoms with Crippen molar-refractivity contribution in [2.75, 3.05) is 27.7 Å². The molecule has 1 aromatic heterocycles. The number of nitrogens with two attached hydrogens (primary N) is 1. The Kier molecular flexibility index (Phi) is 5.78. The number of thiophene rings is 1. The topological polar surface area (TPSA) is 49.6 Å². The molecular formula is C12H20BrN3OS. The van der Waals surface area contributed by atoms with Crippen molar-refractivity contribution in [2.24, 2.45) is 5.73 Å². The van der Waals surface area contributed by atoms with Gasteiger partial charge in [0.15, 0.2) is 0 Å². The fourth-order valence-electron chi connectivity index (χ4n) is 1.82. The maximum absolute atomic E-state index is 11.8. The van der Waals surface area contributed by atoms with Gasteiger partial charge in [-0.25, -0.2) is 0 Å². The summed E-state index contributed by atoms with van der Waals surface area (Å²) >= 11 is 5.11. The van der Waals surface area contributed by atoms with Crippen molar-refractivity contribution < 1.29 is 4.79 Å². The fourth-order valence-corrected chi connectivity index (χ4v) is 3.52. The molecule has 0 saturated carbocycles. The van der Waals surface area contributed by atoms with E-state index in [-0.39, 0.29) is 18.0 Å². The van der Waals surface area contributed by atoms with Crippen LogP contribution >= 0.6 is 27.3 Å².